The molecular weight excluding hydrogens is 888 g/mol. The van der Waals surface area contributed by atoms with Gasteiger partial charge in [0.2, 0.25) is 0 Å². The Morgan fingerprint density at radius 3 is 1.86 bits per heavy atom. The minimum atomic E-state index is -0.0963. The van der Waals surface area contributed by atoms with E-state index in [4.69, 9.17) is 4.42 Å². The number of hydrogen-bond acceptors (Lipinski definition) is 4. The lowest BCUT2D eigenvalue weighted by molar-refractivity contribution is 0.332. The van der Waals surface area contributed by atoms with Crippen LogP contribution in [0.1, 0.15) is 131 Å². The molecule has 0 bridgehead atoms. The van der Waals surface area contributed by atoms with Crippen LogP contribution in [0.2, 0.25) is 0 Å². The zero-order chi connectivity index (χ0) is 48.5. The van der Waals surface area contributed by atoms with Gasteiger partial charge in [-0.1, -0.05) is 132 Å². The van der Waals surface area contributed by atoms with E-state index in [1.54, 1.807) is 0 Å². The van der Waals surface area contributed by atoms with Crippen LogP contribution in [0.3, 0.4) is 0 Å². The molecule has 0 fully saturated rings. The molecule has 7 aromatic carbocycles. The molecule has 6 heterocycles. The van der Waals surface area contributed by atoms with Gasteiger partial charge in [-0.25, -0.2) is 0 Å². The second kappa shape index (κ2) is 13.6. The van der Waals surface area contributed by atoms with Crippen molar-refractivity contribution in [2.75, 3.05) is 4.81 Å². The molecule has 0 spiro atoms. The Kier molecular flexibility index (Phi) is 8.34. The smallest absolute Gasteiger partial charge is 0.343 e. The average molecular weight is 949 g/mol. The van der Waals surface area contributed by atoms with Crippen LogP contribution in [0.5, 0.6) is 0 Å². The van der Waals surface area contributed by atoms with E-state index in [-0.39, 0.29) is 33.9 Å². The van der Waals surface area contributed by atoms with Gasteiger partial charge in [-0.05, 0) is 145 Å². The molecule has 11 aromatic rings. The average Bonchev–Trinajstić information content (AvgIpc) is 4.06. The fourth-order valence-electron chi connectivity index (χ4n) is 12.9. The normalized spacial score (nSPS) is 16.4. The molecule has 2 aliphatic heterocycles. The summed E-state index contributed by atoms with van der Waals surface area (Å²) in [5.41, 5.74) is 19.5. The van der Waals surface area contributed by atoms with E-state index in [1.165, 1.54) is 142 Å². The number of thiophene rings is 2. The molecule has 0 amide bonds. The van der Waals surface area contributed by atoms with Crippen molar-refractivity contribution in [3.63, 3.8) is 0 Å². The van der Waals surface area contributed by atoms with Crippen molar-refractivity contribution >= 4 is 125 Å². The lowest BCUT2D eigenvalue weighted by Gasteiger charge is -2.42. The number of nitrogens with zero attached hydrogens (tertiary/aromatic N) is 2. The summed E-state index contributed by atoms with van der Waals surface area (Å²) >= 11 is 3.97. The SMILES string of the molecule is CC(C)(C)c1ccc(N2B3c4sc5ccc(C(C)(C)C)cc5c4-n4c5ccc(C(C)(C)C)cc5c5c6sc7ccccc7c6c(c3c54)-c3cc4oc5cc6c(cc5c4cc32)C(C)(C)CCC6(C)C)cc1. The molecule has 348 valence electrons. The first-order valence-corrected chi connectivity index (χ1v) is 27.2. The van der Waals surface area contributed by atoms with Crippen molar-refractivity contribution < 1.29 is 4.42 Å². The Morgan fingerprint density at radius 1 is 0.557 bits per heavy atom. The molecule has 0 radical (unpaired) electrons. The maximum atomic E-state index is 7.20. The summed E-state index contributed by atoms with van der Waals surface area (Å²) in [6.07, 6.45) is 2.33. The van der Waals surface area contributed by atoms with Gasteiger partial charge in [0, 0.05) is 73.5 Å². The van der Waals surface area contributed by atoms with Crippen LogP contribution >= 0.6 is 22.7 Å². The maximum Gasteiger partial charge on any atom is 0.343 e. The first kappa shape index (κ1) is 43.0. The van der Waals surface area contributed by atoms with E-state index in [0.29, 0.717) is 0 Å². The van der Waals surface area contributed by atoms with Crippen LogP contribution in [-0.2, 0) is 27.1 Å². The molecule has 70 heavy (non-hydrogen) atoms. The van der Waals surface area contributed by atoms with E-state index in [0.717, 1.165) is 11.2 Å². The molecule has 6 heteroatoms. The van der Waals surface area contributed by atoms with Crippen LogP contribution < -0.4 is 15.1 Å². The van der Waals surface area contributed by atoms with Gasteiger partial charge in [-0.15, -0.1) is 22.7 Å². The maximum absolute atomic E-state index is 7.20. The van der Waals surface area contributed by atoms with Gasteiger partial charge in [0.1, 0.15) is 11.2 Å². The zero-order valence-corrected chi connectivity index (χ0v) is 44.6. The second-order valence-corrected chi connectivity index (χ2v) is 27.7. The van der Waals surface area contributed by atoms with Crippen LogP contribution in [0.15, 0.2) is 114 Å². The van der Waals surface area contributed by atoms with Crippen molar-refractivity contribution in [2.24, 2.45) is 0 Å². The number of rotatable bonds is 1. The van der Waals surface area contributed by atoms with E-state index >= 15 is 0 Å². The number of furan rings is 1. The van der Waals surface area contributed by atoms with E-state index in [1.807, 2.05) is 22.7 Å². The van der Waals surface area contributed by atoms with Gasteiger partial charge in [-0.3, -0.25) is 0 Å². The van der Waals surface area contributed by atoms with Crippen molar-refractivity contribution in [2.45, 2.75) is 130 Å². The quantitative estimate of drug-likeness (QED) is 0.153. The second-order valence-electron chi connectivity index (χ2n) is 25.6. The standard InChI is InChI=1S/C64H61BN2OS2/c1-60(2,3)34-18-22-37(23-19-34)67-47-31-40-39-30-44-45(64(12,13)27-26-63(44,10)11)33-49(39)68-48(40)32-42(47)52-53-38-16-14-15-17-50(38)69-58(53)54-41-28-35(61(4,5)6)20-24-46(41)66-56-43-29-36(62(7,8)9)21-25-51(43)70-59(56)65(67)55(52)57(54)66/h14-25,28-33H,26-27H2,1-13H3. The fraction of sp³-hybridized carbons (Fsp3) is 0.312. The largest absolute Gasteiger partial charge is 0.456 e. The summed E-state index contributed by atoms with van der Waals surface area (Å²) in [5, 5.41) is 9.16. The van der Waals surface area contributed by atoms with Crippen molar-refractivity contribution in [1.82, 2.24) is 4.57 Å². The van der Waals surface area contributed by atoms with Gasteiger partial charge in [0.25, 0.3) is 0 Å². The Hall–Kier alpha value is -5.82. The van der Waals surface area contributed by atoms with E-state index < -0.39 is 0 Å². The summed E-state index contributed by atoms with van der Waals surface area (Å²) in [6, 6.07) is 43.4. The number of fused-ring (bicyclic) bond motifs is 19. The van der Waals surface area contributed by atoms with Gasteiger partial charge in [-0.2, -0.15) is 0 Å². The van der Waals surface area contributed by atoms with Crippen LogP contribution in [0.4, 0.5) is 11.4 Å². The molecule has 0 unspecified atom stereocenters. The first-order chi connectivity index (χ1) is 33.1. The predicted octanol–water partition coefficient (Wildman–Crippen LogP) is 17.7. The third kappa shape index (κ3) is 5.69. The van der Waals surface area contributed by atoms with Gasteiger partial charge in [0.15, 0.2) is 0 Å². The molecule has 1 aliphatic carbocycles. The van der Waals surface area contributed by atoms with Crippen molar-refractivity contribution in [1.29, 1.82) is 0 Å². The van der Waals surface area contributed by atoms with Gasteiger partial charge in [0.05, 0.1) is 16.7 Å². The van der Waals surface area contributed by atoms with Crippen molar-refractivity contribution in [3.05, 3.63) is 137 Å². The van der Waals surface area contributed by atoms with Gasteiger partial charge < -0.3 is 13.8 Å². The summed E-state index contributed by atoms with van der Waals surface area (Å²) < 4.78 is 15.3. The molecule has 0 saturated heterocycles. The topological polar surface area (TPSA) is 21.3 Å². The highest BCUT2D eigenvalue weighted by atomic mass is 32.1. The van der Waals surface area contributed by atoms with Crippen LogP contribution in [-0.4, -0.2) is 11.4 Å². The Morgan fingerprint density at radius 2 is 1.16 bits per heavy atom. The monoisotopic (exact) mass is 948 g/mol. The lowest BCUT2D eigenvalue weighted by Crippen LogP contribution is -2.59. The summed E-state index contributed by atoms with van der Waals surface area (Å²) in [6.45, 7) is 30.7. The number of anilines is 2. The molecule has 0 atom stereocenters. The molecule has 3 nitrogen and oxygen atoms in total. The van der Waals surface area contributed by atoms with Gasteiger partial charge >= 0.3 is 6.85 Å². The molecular formula is C64H61BN2OS2. The number of aromatic nitrogens is 1. The fourth-order valence-corrected chi connectivity index (χ4v) is 15.5. The molecule has 3 aliphatic rings. The highest BCUT2D eigenvalue weighted by molar-refractivity contribution is 7.32. The molecule has 4 aromatic heterocycles. The molecule has 14 rings (SSSR count). The lowest BCUT2D eigenvalue weighted by atomic mass is 9.47. The highest BCUT2D eigenvalue weighted by Crippen LogP contribution is 2.56. The van der Waals surface area contributed by atoms with E-state index in [2.05, 4.69) is 209 Å². The predicted molar refractivity (Wildman–Crippen MR) is 307 cm³/mol. The van der Waals surface area contributed by atoms with E-state index in [9.17, 15) is 0 Å². The summed E-state index contributed by atoms with van der Waals surface area (Å²) in [5.74, 6) is 0. The molecule has 0 N–H and O–H groups in total. The first-order valence-electron chi connectivity index (χ1n) is 25.6. The third-order valence-corrected chi connectivity index (χ3v) is 19.5. The Balaban J connectivity index is 1.21. The summed E-state index contributed by atoms with van der Waals surface area (Å²) in [7, 11) is 0. The summed E-state index contributed by atoms with van der Waals surface area (Å²) in [4.78, 5) is 2.74. The minimum absolute atomic E-state index is 0.00471. The Bertz CT molecular complexity index is 4130. The van der Waals surface area contributed by atoms with Crippen molar-refractivity contribution in [3.8, 4) is 16.8 Å². The number of hydrogen-bond donors (Lipinski definition) is 0. The third-order valence-electron chi connectivity index (χ3n) is 17.1. The van der Waals surface area contributed by atoms with Crippen LogP contribution in [0.25, 0.3) is 90.8 Å². The van der Waals surface area contributed by atoms with Crippen LogP contribution in [0, 0.1) is 0 Å². The zero-order valence-electron chi connectivity index (χ0n) is 43.0. The Labute approximate surface area is 420 Å². The minimum Gasteiger partial charge on any atom is -0.456 e. The highest BCUT2D eigenvalue weighted by Gasteiger charge is 2.48. The molecule has 0 saturated carbocycles. The number of benzene rings is 7.